The highest BCUT2D eigenvalue weighted by atomic mass is 127. The summed E-state index contributed by atoms with van der Waals surface area (Å²) in [5.74, 6) is -0.445. The van der Waals surface area contributed by atoms with Crippen LogP contribution in [0.5, 0.6) is 0 Å². The molecule has 7 heteroatoms. The molecule has 0 aliphatic heterocycles. The quantitative estimate of drug-likeness (QED) is 0.198. The Morgan fingerprint density at radius 2 is 1.58 bits per heavy atom. The van der Waals surface area contributed by atoms with Crippen molar-refractivity contribution in [2.24, 2.45) is 0 Å². The summed E-state index contributed by atoms with van der Waals surface area (Å²) in [6.07, 6.45) is 0.664. The van der Waals surface area contributed by atoms with Gasteiger partial charge in [0.2, 0.25) is 0 Å². The van der Waals surface area contributed by atoms with E-state index in [-0.39, 0.29) is 35.9 Å². The molecule has 0 rings (SSSR count). The Bertz CT molecular complexity index is 287. The van der Waals surface area contributed by atoms with Gasteiger partial charge in [-0.2, -0.15) is 5.01 Å². The molecule has 0 amide bonds. The molecule has 114 valence electrons. The predicted molar refractivity (Wildman–Crippen MR) is 67.5 cm³/mol. The van der Waals surface area contributed by atoms with Crippen molar-refractivity contribution in [3.05, 3.63) is 0 Å². The van der Waals surface area contributed by atoms with Crippen molar-refractivity contribution < 1.29 is 47.6 Å². The normalized spacial score (nSPS) is 13.4. The van der Waals surface area contributed by atoms with Crippen LogP contribution in [-0.4, -0.2) is 69.5 Å². The number of carbonyl (C=O) groups is 2. The molecule has 0 heterocycles. The number of nitrogens with zero attached hydrogens (tertiary/aromatic N) is 2. The van der Waals surface area contributed by atoms with Crippen molar-refractivity contribution in [1.29, 1.82) is 0 Å². The van der Waals surface area contributed by atoms with E-state index in [0.717, 1.165) is 0 Å². The zero-order valence-electron chi connectivity index (χ0n) is 12.4. The number of esters is 2. The lowest BCUT2D eigenvalue weighted by Crippen LogP contribution is -3.00. The molecule has 0 radical (unpaired) electrons. The van der Waals surface area contributed by atoms with Crippen molar-refractivity contribution in [2.75, 3.05) is 47.9 Å². The van der Waals surface area contributed by atoms with E-state index in [2.05, 4.69) is 4.74 Å². The van der Waals surface area contributed by atoms with Crippen LogP contribution in [0.25, 0.3) is 0 Å². The minimum atomic E-state index is -0.239. The van der Waals surface area contributed by atoms with Crippen LogP contribution in [0.3, 0.4) is 0 Å². The fourth-order valence-electron chi connectivity index (χ4n) is 1.51. The molecule has 0 aromatic carbocycles. The first-order valence-electron chi connectivity index (χ1n) is 6.10. The molecule has 1 unspecified atom stereocenters. The highest BCUT2D eigenvalue weighted by Gasteiger charge is 2.27. The van der Waals surface area contributed by atoms with E-state index in [0.29, 0.717) is 37.1 Å². The maximum atomic E-state index is 11.4. The maximum Gasteiger partial charge on any atom is 0.311 e. The fourth-order valence-corrected chi connectivity index (χ4v) is 1.51. The molecule has 0 saturated carbocycles. The molecule has 6 nitrogen and oxygen atoms in total. The molecule has 0 aliphatic carbocycles. The summed E-state index contributed by atoms with van der Waals surface area (Å²) in [7, 11) is 7.19. The van der Waals surface area contributed by atoms with Crippen LogP contribution in [0.15, 0.2) is 0 Å². The van der Waals surface area contributed by atoms with Gasteiger partial charge in [-0.05, 0) is 6.92 Å². The molecular weight excluding hydrogens is 363 g/mol. The van der Waals surface area contributed by atoms with Gasteiger partial charge < -0.3 is 33.5 Å². The van der Waals surface area contributed by atoms with Gasteiger partial charge in [0.05, 0.1) is 33.6 Å². The highest BCUT2D eigenvalue weighted by Crippen LogP contribution is 2.09. The van der Waals surface area contributed by atoms with Crippen molar-refractivity contribution >= 4 is 11.9 Å². The molecule has 0 spiro atoms. The lowest BCUT2D eigenvalue weighted by atomic mass is 10.3. The van der Waals surface area contributed by atoms with E-state index in [4.69, 9.17) is 4.74 Å². The number of methoxy groups -OCH3 is 1. The summed E-state index contributed by atoms with van der Waals surface area (Å²) in [6, 6.07) is 0. The number of quaternary nitrogens is 1. The van der Waals surface area contributed by atoms with Gasteiger partial charge in [0, 0.05) is 14.1 Å². The minimum absolute atomic E-state index is 0. The zero-order valence-corrected chi connectivity index (χ0v) is 14.6. The van der Waals surface area contributed by atoms with Gasteiger partial charge >= 0.3 is 11.9 Å². The molecule has 0 bridgehead atoms. The average molecular weight is 388 g/mol. The summed E-state index contributed by atoms with van der Waals surface area (Å²) in [5.41, 5.74) is 0. The first kappa shape index (κ1) is 20.9. The monoisotopic (exact) mass is 388 g/mol. The van der Waals surface area contributed by atoms with Gasteiger partial charge in [0.25, 0.3) is 0 Å². The minimum Gasteiger partial charge on any atom is -1.00 e. The van der Waals surface area contributed by atoms with Crippen LogP contribution in [0.4, 0.5) is 0 Å². The first-order valence-corrected chi connectivity index (χ1v) is 6.10. The number of ether oxygens (including phenoxy) is 2. The Hall–Kier alpha value is -0.410. The van der Waals surface area contributed by atoms with E-state index >= 15 is 0 Å². The SMILES string of the molecule is CCOC(=O)CC[N+](C)(CCC(=O)OC)N(C)C.[I-]. The zero-order chi connectivity index (χ0) is 14.2. The second kappa shape index (κ2) is 10.4. The Balaban J connectivity index is 0. The van der Waals surface area contributed by atoms with E-state index in [1.165, 1.54) is 7.11 Å². The first-order chi connectivity index (χ1) is 8.35. The largest absolute Gasteiger partial charge is 1.00 e. The van der Waals surface area contributed by atoms with Crippen LogP contribution in [0.1, 0.15) is 19.8 Å². The molecular formula is C12H25IN2O4. The van der Waals surface area contributed by atoms with E-state index in [9.17, 15) is 9.59 Å². The molecule has 0 fully saturated rings. The fraction of sp³-hybridized carbons (Fsp3) is 0.833. The van der Waals surface area contributed by atoms with E-state index < -0.39 is 0 Å². The lowest BCUT2D eigenvalue weighted by molar-refractivity contribution is -1.01. The summed E-state index contributed by atoms with van der Waals surface area (Å²) >= 11 is 0. The summed E-state index contributed by atoms with van der Waals surface area (Å²) < 4.78 is 10.0. The maximum absolute atomic E-state index is 11.4. The van der Waals surface area contributed by atoms with Gasteiger partial charge in [0.15, 0.2) is 0 Å². The standard InChI is InChI=1S/C12H25N2O4.HI/c1-6-18-12(16)8-10-14(4,13(2)3)9-7-11(15)17-5;/h6-10H2,1-5H3;1H/q+1;/p-1. The Morgan fingerprint density at radius 1 is 1.11 bits per heavy atom. The molecule has 0 aromatic heterocycles. The molecule has 0 aromatic rings. The van der Waals surface area contributed by atoms with Gasteiger partial charge in [-0.25, -0.2) is 4.59 Å². The van der Waals surface area contributed by atoms with Crippen LogP contribution in [-0.2, 0) is 19.1 Å². The molecule has 19 heavy (non-hydrogen) atoms. The number of hydrogen-bond donors (Lipinski definition) is 0. The van der Waals surface area contributed by atoms with Gasteiger partial charge in [-0.3, -0.25) is 9.59 Å². The predicted octanol–water partition coefficient (Wildman–Crippen LogP) is -2.57. The van der Waals surface area contributed by atoms with Gasteiger partial charge in [0.1, 0.15) is 13.1 Å². The molecule has 0 aliphatic rings. The van der Waals surface area contributed by atoms with Crippen molar-refractivity contribution in [3.63, 3.8) is 0 Å². The number of halogens is 1. The van der Waals surface area contributed by atoms with E-state index in [1.54, 1.807) is 6.92 Å². The third kappa shape index (κ3) is 8.38. The third-order valence-corrected chi connectivity index (χ3v) is 3.09. The van der Waals surface area contributed by atoms with Crippen LogP contribution in [0.2, 0.25) is 0 Å². The third-order valence-electron chi connectivity index (χ3n) is 3.09. The van der Waals surface area contributed by atoms with Crippen molar-refractivity contribution in [3.8, 4) is 0 Å². The molecule has 0 N–H and O–H groups in total. The highest BCUT2D eigenvalue weighted by molar-refractivity contribution is 5.69. The number of hydrogen-bond acceptors (Lipinski definition) is 5. The van der Waals surface area contributed by atoms with Crippen LogP contribution in [0, 0.1) is 0 Å². The summed E-state index contributed by atoms with van der Waals surface area (Å²) in [6.45, 7) is 3.38. The van der Waals surface area contributed by atoms with Crippen LogP contribution < -0.4 is 24.0 Å². The Labute approximate surface area is 132 Å². The van der Waals surface area contributed by atoms with Gasteiger partial charge in [-0.1, -0.05) is 0 Å². The lowest BCUT2D eigenvalue weighted by Gasteiger charge is -2.38. The number of carbonyl (C=O) groups excluding carboxylic acids is 2. The van der Waals surface area contributed by atoms with Crippen molar-refractivity contribution in [1.82, 2.24) is 5.01 Å². The van der Waals surface area contributed by atoms with Crippen molar-refractivity contribution in [2.45, 2.75) is 19.8 Å². The second-order valence-electron chi connectivity index (χ2n) is 4.51. The van der Waals surface area contributed by atoms with E-state index in [1.807, 2.05) is 26.2 Å². The Morgan fingerprint density at radius 3 is 1.95 bits per heavy atom. The summed E-state index contributed by atoms with van der Waals surface area (Å²) in [4.78, 5) is 22.5. The smallest absolute Gasteiger partial charge is 0.311 e. The Kier molecular flexibility index (Phi) is 11.4. The van der Waals surface area contributed by atoms with Crippen LogP contribution >= 0.6 is 0 Å². The molecule has 0 saturated heterocycles. The number of rotatable bonds is 8. The summed E-state index contributed by atoms with van der Waals surface area (Å²) in [5, 5.41) is 1.97. The molecule has 1 atom stereocenters. The van der Waals surface area contributed by atoms with Gasteiger partial charge in [-0.15, -0.1) is 0 Å². The average Bonchev–Trinajstić information content (AvgIpc) is 2.33. The topological polar surface area (TPSA) is 55.8 Å². The second-order valence-corrected chi connectivity index (χ2v) is 4.51.